The van der Waals surface area contributed by atoms with E-state index in [-0.39, 0.29) is 24.8 Å². The summed E-state index contributed by atoms with van der Waals surface area (Å²) in [7, 11) is 1.61. The first kappa shape index (κ1) is 25.1. The fourth-order valence-corrected chi connectivity index (χ4v) is 5.01. The largest absolute Gasteiger partial charge is 0.497 e. The van der Waals surface area contributed by atoms with Gasteiger partial charge in [0.25, 0.3) is 0 Å². The minimum atomic E-state index is -1.01. The molecule has 38 heavy (non-hydrogen) atoms. The number of aromatic nitrogens is 1. The lowest BCUT2D eigenvalue weighted by molar-refractivity contribution is -0.141. The van der Waals surface area contributed by atoms with E-state index in [1.54, 1.807) is 7.11 Å². The number of methoxy groups -OCH3 is 1. The number of ether oxygens (including phenoxy) is 1. The van der Waals surface area contributed by atoms with Crippen LogP contribution in [0.1, 0.15) is 47.7 Å². The number of carbonyl (C=O) groups is 2. The number of fused-ring (bicyclic) bond motifs is 1. The minimum absolute atomic E-state index is 0.126. The van der Waals surface area contributed by atoms with Crippen LogP contribution in [0.2, 0.25) is 0 Å². The maximum atomic E-state index is 13.2. The molecular weight excluding hydrogens is 478 g/mol. The number of aryl methyl sites for hydroxylation is 2. The SMILES string of the molecule is COc1ccc([C@@H]2CC(c3c(C)nc4ccccc4c3-c3ccc(C)cc3)=NN2C(=O)CCC(=O)O)cc1. The van der Waals surface area contributed by atoms with Gasteiger partial charge in [-0.25, -0.2) is 5.01 Å². The maximum absolute atomic E-state index is 13.2. The third kappa shape index (κ3) is 4.87. The van der Waals surface area contributed by atoms with Crippen LogP contribution in [0.25, 0.3) is 22.0 Å². The number of rotatable bonds is 7. The van der Waals surface area contributed by atoms with E-state index in [1.807, 2.05) is 49.4 Å². The van der Waals surface area contributed by atoms with Gasteiger partial charge in [0, 0.05) is 35.0 Å². The molecule has 7 heteroatoms. The van der Waals surface area contributed by atoms with Crippen molar-refractivity contribution in [3.63, 3.8) is 0 Å². The number of nitrogens with zero attached hydrogens (tertiary/aromatic N) is 3. The Hall–Kier alpha value is -4.52. The van der Waals surface area contributed by atoms with Gasteiger partial charge in [-0.1, -0.05) is 60.2 Å². The molecule has 1 aliphatic rings. The molecule has 5 rings (SSSR count). The number of hydrogen-bond acceptors (Lipinski definition) is 5. The Kier molecular flexibility index (Phi) is 6.92. The highest BCUT2D eigenvalue weighted by molar-refractivity contribution is 6.14. The molecule has 1 aromatic heterocycles. The Morgan fingerprint density at radius 3 is 2.34 bits per heavy atom. The zero-order chi connectivity index (χ0) is 26.8. The number of benzene rings is 3. The lowest BCUT2D eigenvalue weighted by Gasteiger charge is -2.22. The molecule has 0 fully saturated rings. The van der Waals surface area contributed by atoms with Gasteiger partial charge in [-0.2, -0.15) is 5.10 Å². The predicted octanol–water partition coefficient (Wildman–Crippen LogP) is 6.07. The number of hydrogen-bond donors (Lipinski definition) is 1. The van der Waals surface area contributed by atoms with E-state index in [2.05, 4.69) is 37.3 Å². The second kappa shape index (κ2) is 10.5. The van der Waals surface area contributed by atoms with Crippen LogP contribution < -0.4 is 4.74 Å². The van der Waals surface area contributed by atoms with E-state index in [4.69, 9.17) is 19.9 Å². The summed E-state index contributed by atoms with van der Waals surface area (Å²) in [6.45, 7) is 4.03. The van der Waals surface area contributed by atoms with Gasteiger partial charge < -0.3 is 9.84 Å². The summed E-state index contributed by atoms with van der Waals surface area (Å²) >= 11 is 0. The normalized spacial score (nSPS) is 15.0. The summed E-state index contributed by atoms with van der Waals surface area (Å²) in [5.41, 5.74) is 7.51. The van der Waals surface area contributed by atoms with Crippen molar-refractivity contribution in [1.29, 1.82) is 0 Å². The molecule has 0 unspecified atom stereocenters. The molecular formula is C31H29N3O4. The number of carboxylic acid groups (broad SMARTS) is 1. The van der Waals surface area contributed by atoms with Crippen LogP contribution in [-0.4, -0.2) is 39.8 Å². The Morgan fingerprint density at radius 2 is 1.66 bits per heavy atom. The highest BCUT2D eigenvalue weighted by Gasteiger charge is 2.35. The van der Waals surface area contributed by atoms with Gasteiger partial charge in [0.15, 0.2) is 0 Å². The smallest absolute Gasteiger partial charge is 0.303 e. The predicted molar refractivity (Wildman–Crippen MR) is 147 cm³/mol. The zero-order valence-electron chi connectivity index (χ0n) is 21.6. The Morgan fingerprint density at radius 1 is 0.947 bits per heavy atom. The zero-order valence-corrected chi connectivity index (χ0v) is 21.6. The standard InChI is InChI=1S/C31H29N3O4/c1-19-8-10-22(11-9-19)31-24-6-4-5-7-25(24)32-20(2)30(31)26-18-27(21-12-14-23(38-3)15-13-21)34(33-26)28(35)16-17-29(36)37/h4-15,27H,16-18H2,1-3H3,(H,36,37)/t27-/m0/s1. The Labute approximate surface area is 221 Å². The van der Waals surface area contributed by atoms with Crippen LogP contribution in [0.3, 0.4) is 0 Å². The molecule has 4 aromatic rings. The summed E-state index contributed by atoms with van der Waals surface area (Å²) < 4.78 is 5.31. The van der Waals surface area contributed by atoms with E-state index in [9.17, 15) is 9.59 Å². The van der Waals surface area contributed by atoms with Crippen molar-refractivity contribution >= 4 is 28.5 Å². The molecule has 0 spiro atoms. The van der Waals surface area contributed by atoms with Crippen molar-refractivity contribution < 1.29 is 19.4 Å². The minimum Gasteiger partial charge on any atom is -0.497 e. The number of carboxylic acids is 1. The van der Waals surface area contributed by atoms with Crippen LogP contribution in [0.4, 0.5) is 0 Å². The molecule has 0 saturated heterocycles. The molecule has 1 N–H and O–H groups in total. The van der Waals surface area contributed by atoms with Crippen molar-refractivity contribution in [1.82, 2.24) is 9.99 Å². The van der Waals surface area contributed by atoms with Crippen LogP contribution in [0.5, 0.6) is 5.75 Å². The second-order valence-corrected chi connectivity index (χ2v) is 9.50. The van der Waals surface area contributed by atoms with Crippen LogP contribution in [-0.2, 0) is 9.59 Å². The van der Waals surface area contributed by atoms with Crippen molar-refractivity contribution in [2.45, 2.75) is 39.2 Å². The van der Waals surface area contributed by atoms with Crippen molar-refractivity contribution in [3.8, 4) is 16.9 Å². The number of aliphatic carboxylic acids is 1. The van der Waals surface area contributed by atoms with Gasteiger partial charge >= 0.3 is 5.97 Å². The van der Waals surface area contributed by atoms with Gasteiger partial charge in [0.05, 0.1) is 30.8 Å². The van der Waals surface area contributed by atoms with Gasteiger partial charge in [0.2, 0.25) is 5.91 Å². The van der Waals surface area contributed by atoms with Crippen LogP contribution in [0.15, 0.2) is 77.9 Å². The third-order valence-corrected chi connectivity index (χ3v) is 6.92. The first-order valence-corrected chi connectivity index (χ1v) is 12.6. The van der Waals surface area contributed by atoms with Crippen molar-refractivity contribution in [2.75, 3.05) is 7.11 Å². The first-order chi connectivity index (χ1) is 18.4. The highest BCUT2D eigenvalue weighted by atomic mass is 16.5. The average molecular weight is 508 g/mol. The Balaban J connectivity index is 1.66. The molecule has 1 atom stereocenters. The molecule has 1 amide bonds. The Bertz CT molecular complexity index is 1540. The average Bonchev–Trinajstić information content (AvgIpc) is 3.36. The van der Waals surface area contributed by atoms with Gasteiger partial charge in [-0.15, -0.1) is 0 Å². The maximum Gasteiger partial charge on any atom is 0.303 e. The topological polar surface area (TPSA) is 92.1 Å². The number of para-hydroxylation sites is 1. The van der Waals surface area contributed by atoms with Gasteiger partial charge in [-0.3, -0.25) is 14.6 Å². The molecule has 0 bridgehead atoms. The van der Waals surface area contributed by atoms with Crippen molar-refractivity contribution in [2.24, 2.45) is 5.10 Å². The van der Waals surface area contributed by atoms with E-state index >= 15 is 0 Å². The van der Waals surface area contributed by atoms with E-state index in [0.29, 0.717) is 12.2 Å². The summed E-state index contributed by atoms with van der Waals surface area (Å²) in [5, 5.41) is 16.5. The van der Waals surface area contributed by atoms with Crippen LogP contribution >= 0.6 is 0 Å². The summed E-state index contributed by atoms with van der Waals surface area (Å²) in [6.07, 6.45) is 0.101. The number of hydrazone groups is 1. The third-order valence-electron chi connectivity index (χ3n) is 6.92. The van der Waals surface area contributed by atoms with E-state index < -0.39 is 5.97 Å². The quantitative estimate of drug-likeness (QED) is 0.328. The molecule has 0 saturated carbocycles. The number of pyridine rings is 1. The molecule has 1 aliphatic heterocycles. The van der Waals surface area contributed by atoms with Crippen LogP contribution in [0, 0.1) is 13.8 Å². The fraction of sp³-hybridized carbons (Fsp3) is 0.226. The number of amides is 1. The van der Waals surface area contributed by atoms with E-state index in [1.165, 1.54) is 10.6 Å². The summed E-state index contributed by atoms with van der Waals surface area (Å²) in [4.78, 5) is 29.3. The fourth-order valence-electron chi connectivity index (χ4n) is 5.01. The second-order valence-electron chi connectivity index (χ2n) is 9.50. The molecule has 192 valence electrons. The molecule has 3 aromatic carbocycles. The monoisotopic (exact) mass is 507 g/mol. The van der Waals surface area contributed by atoms with Gasteiger partial charge in [0.1, 0.15) is 5.75 Å². The van der Waals surface area contributed by atoms with E-state index in [0.717, 1.165) is 44.6 Å². The lowest BCUT2D eigenvalue weighted by Crippen LogP contribution is -2.27. The molecule has 0 aliphatic carbocycles. The highest BCUT2D eigenvalue weighted by Crippen LogP contribution is 2.40. The molecule has 0 radical (unpaired) electrons. The first-order valence-electron chi connectivity index (χ1n) is 12.6. The van der Waals surface area contributed by atoms with Crippen molar-refractivity contribution in [3.05, 3.63) is 95.2 Å². The van der Waals surface area contributed by atoms with Gasteiger partial charge in [-0.05, 0) is 43.2 Å². The lowest BCUT2D eigenvalue weighted by atomic mass is 9.89. The summed E-state index contributed by atoms with van der Waals surface area (Å²) in [6, 6.07) is 23.6. The number of carbonyl (C=O) groups excluding carboxylic acids is 1. The summed E-state index contributed by atoms with van der Waals surface area (Å²) in [5.74, 6) is -0.627. The molecule has 2 heterocycles. The molecule has 7 nitrogen and oxygen atoms in total.